The van der Waals surface area contributed by atoms with Crippen molar-refractivity contribution in [2.45, 2.75) is 43.0 Å². The number of benzene rings is 1. The van der Waals surface area contributed by atoms with Crippen LogP contribution in [0.2, 0.25) is 0 Å². The number of aryl methyl sites for hydroxylation is 1. The molecule has 25 heavy (non-hydrogen) atoms. The second kappa shape index (κ2) is 4.95. The van der Waals surface area contributed by atoms with Gasteiger partial charge in [0.15, 0.2) is 9.74 Å². The van der Waals surface area contributed by atoms with Crippen LogP contribution in [0.4, 0.5) is 0 Å². The Morgan fingerprint density at radius 2 is 1.80 bits per heavy atom. The Bertz CT molecular complexity index is 836. The average Bonchev–Trinajstić information content (AvgIpc) is 2.87. The minimum atomic E-state index is -0.992. The molecule has 1 aromatic carbocycles. The fourth-order valence-corrected chi connectivity index (χ4v) is 7.75. The molecule has 0 aromatic heterocycles. The zero-order valence-electron chi connectivity index (χ0n) is 14.6. The molecule has 4 aliphatic rings. The lowest BCUT2D eigenvalue weighted by Crippen LogP contribution is -2.73. The van der Waals surface area contributed by atoms with Crippen molar-refractivity contribution in [1.29, 1.82) is 5.26 Å². The maximum absolute atomic E-state index is 13.4. The van der Waals surface area contributed by atoms with Crippen LogP contribution in [-0.4, -0.2) is 38.4 Å². The molecule has 1 unspecified atom stereocenters. The van der Waals surface area contributed by atoms with E-state index < -0.39 is 21.2 Å². The highest BCUT2D eigenvalue weighted by Crippen LogP contribution is 2.69. The lowest BCUT2D eigenvalue weighted by Gasteiger charge is -2.57. The van der Waals surface area contributed by atoms with Gasteiger partial charge in [0.25, 0.3) is 11.8 Å². The summed E-state index contributed by atoms with van der Waals surface area (Å²) in [4.78, 5) is 27.9. The number of hydrogen-bond donors (Lipinski definition) is 0. The third kappa shape index (κ3) is 1.87. The number of carbonyl (C=O) groups excluding carboxylic acids is 2. The Kier molecular flexibility index (Phi) is 3.33. The highest BCUT2D eigenvalue weighted by molar-refractivity contribution is 8.78. The highest BCUT2D eigenvalue weighted by atomic mass is 33.1. The van der Waals surface area contributed by atoms with Crippen LogP contribution in [0.25, 0.3) is 0 Å². The van der Waals surface area contributed by atoms with E-state index in [-0.39, 0.29) is 11.8 Å². The summed E-state index contributed by atoms with van der Waals surface area (Å²) in [7, 11) is 4.57. The maximum Gasteiger partial charge on any atom is 0.261 e. The van der Waals surface area contributed by atoms with E-state index in [9.17, 15) is 14.9 Å². The van der Waals surface area contributed by atoms with Crippen LogP contribution in [-0.2, 0) is 9.59 Å². The second-order valence-electron chi connectivity index (χ2n) is 7.49. The van der Waals surface area contributed by atoms with Gasteiger partial charge in [-0.1, -0.05) is 51.4 Å². The van der Waals surface area contributed by atoms with E-state index in [1.807, 2.05) is 38.1 Å². The number of likely N-dealkylation sites (N-methyl/N-ethyl adjacent to an activating group) is 1. The molecule has 0 saturated carbocycles. The first-order valence-corrected chi connectivity index (χ1v) is 10.3. The first-order valence-electron chi connectivity index (χ1n) is 8.16. The highest BCUT2D eigenvalue weighted by Gasteiger charge is 2.74. The van der Waals surface area contributed by atoms with Gasteiger partial charge in [0, 0.05) is 13.5 Å². The molecule has 4 aliphatic heterocycles. The van der Waals surface area contributed by atoms with Crippen LogP contribution in [0.1, 0.15) is 37.4 Å². The van der Waals surface area contributed by atoms with E-state index in [4.69, 9.17) is 0 Å². The second-order valence-corrected chi connectivity index (χ2v) is 10.3. The van der Waals surface area contributed by atoms with Gasteiger partial charge in [0.1, 0.15) is 0 Å². The van der Waals surface area contributed by atoms with Crippen molar-refractivity contribution in [3.8, 4) is 6.07 Å². The van der Waals surface area contributed by atoms with E-state index in [0.717, 1.165) is 11.1 Å². The van der Waals surface area contributed by atoms with Crippen LogP contribution in [0, 0.1) is 23.7 Å². The molecule has 4 fully saturated rings. The molecule has 0 radical (unpaired) electrons. The van der Waals surface area contributed by atoms with E-state index >= 15 is 0 Å². The van der Waals surface area contributed by atoms with E-state index in [1.165, 1.54) is 21.6 Å². The minimum Gasteiger partial charge on any atom is -0.319 e. The van der Waals surface area contributed by atoms with Gasteiger partial charge in [0.05, 0.1) is 17.5 Å². The Labute approximate surface area is 155 Å². The molecule has 4 atom stereocenters. The zero-order valence-corrected chi connectivity index (χ0v) is 16.2. The first-order chi connectivity index (χ1) is 11.7. The summed E-state index contributed by atoms with van der Waals surface area (Å²) in [6.45, 7) is 5.66. The smallest absolute Gasteiger partial charge is 0.261 e. The molecular formula is C18H19N3O2S2. The standard InChI is InChI=1S/C18H19N3O2S2/c1-11-5-7-12(8-6-11)13-16(2,10-19)9-18-15(23)20(4)17(3,24-25-18)14(22)21(13)18/h5-8,13H,9H2,1-4H3/t13?,16-,17+,18+/m1/s1. The van der Waals surface area contributed by atoms with Crippen molar-refractivity contribution >= 4 is 33.4 Å². The van der Waals surface area contributed by atoms with Gasteiger partial charge in [-0.3, -0.25) is 9.59 Å². The number of hydrogen-bond acceptors (Lipinski definition) is 5. The number of rotatable bonds is 1. The summed E-state index contributed by atoms with van der Waals surface area (Å²) in [6, 6.07) is 9.92. The van der Waals surface area contributed by atoms with Crippen molar-refractivity contribution in [2.75, 3.05) is 7.05 Å². The van der Waals surface area contributed by atoms with Gasteiger partial charge >= 0.3 is 0 Å². The molecule has 4 saturated heterocycles. The molecule has 1 aromatic rings. The average molecular weight is 374 g/mol. The van der Waals surface area contributed by atoms with Crippen molar-refractivity contribution < 1.29 is 9.59 Å². The van der Waals surface area contributed by atoms with Crippen LogP contribution >= 0.6 is 21.6 Å². The fraction of sp³-hybridized carbons (Fsp3) is 0.500. The zero-order chi connectivity index (χ0) is 18.2. The van der Waals surface area contributed by atoms with Gasteiger partial charge in [-0.15, -0.1) is 0 Å². The van der Waals surface area contributed by atoms with Crippen molar-refractivity contribution in [1.82, 2.24) is 9.80 Å². The van der Waals surface area contributed by atoms with Crippen molar-refractivity contribution in [3.63, 3.8) is 0 Å². The Morgan fingerprint density at radius 1 is 1.16 bits per heavy atom. The lowest BCUT2D eigenvalue weighted by atomic mass is 9.79. The monoisotopic (exact) mass is 373 g/mol. The summed E-state index contributed by atoms with van der Waals surface area (Å²) < 4.78 is 0. The number of nitriles is 1. The van der Waals surface area contributed by atoms with E-state index in [2.05, 4.69) is 6.07 Å². The molecule has 0 aliphatic carbocycles. The third-order valence-electron chi connectivity index (χ3n) is 5.74. The number of nitrogens with zero attached hydrogens (tertiary/aromatic N) is 3. The SMILES string of the molecule is Cc1ccc(C2N3C(=O)[C@]4(C)SS[C@@]3(C[C@]2(C)C#N)C(=O)N4C)cc1. The molecule has 5 rings (SSSR count). The minimum absolute atomic E-state index is 0.0746. The van der Waals surface area contributed by atoms with Gasteiger partial charge in [0.2, 0.25) is 0 Å². The van der Waals surface area contributed by atoms with E-state index in [1.54, 1.807) is 23.8 Å². The first kappa shape index (κ1) is 16.8. The van der Waals surface area contributed by atoms with Crippen LogP contribution in [0.5, 0.6) is 0 Å². The quantitative estimate of drug-likeness (QED) is 0.708. The summed E-state index contributed by atoms with van der Waals surface area (Å²) >= 11 is 0. The van der Waals surface area contributed by atoms with Gasteiger partial charge < -0.3 is 9.80 Å². The summed E-state index contributed by atoms with van der Waals surface area (Å²) in [6.07, 6.45) is 0.345. The van der Waals surface area contributed by atoms with Gasteiger partial charge in [-0.2, -0.15) is 5.26 Å². The molecule has 2 amide bonds. The number of fused-ring (bicyclic) bond motifs is 2. The van der Waals surface area contributed by atoms with Gasteiger partial charge in [-0.05, 0) is 26.3 Å². The molecule has 0 N–H and O–H groups in total. The third-order valence-corrected chi connectivity index (χ3v) is 9.44. The predicted molar refractivity (Wildman–Crippen MR) is 98.2 cm³/mol. The van der Waals surface area contributed by atoms with Crippen molar-refractivity contribution in [3.05, 3.63) is 35.4 Å². The van der Waals surface area contributed by atoms with Gasteiger partial charge in [-0.25, -0.2) is 0 Å². The van der Waals surface area contributed by atoms with Crippen LogP contribution in [0.15, 0.2) is 24.3 Å². The Morgan fingerprint density at radius 3 is 2.40 bits per heavy atom. The molecule has 2 bridgehead atoms. The molecular weight excluding hydrogens is 354 g/mol. The topological polar surface area (TPSA) is 64.4 Å². The fourth-order valence-electron chi connectivity index (χ4n) is 4.17. The molecule has 7 heteroatoms. The lowest BCUT2D eigenvalue weighted by molar-refractivity contribution is -0.164. The predicted octanol–water partition coefficient (Wildman–Crippen LogP) is 3.08. The molecule has 5 nitrogen and oxygen atoms in total. The summed E-state index contributed by atoms with van der Waals surface area (Å²) in [5.41, 5.74) is 1.22. The normalized spacial score (nSPS) is 39.6. The summed E-state index contributed by atoms with van der Waals surface area (Å²) in [5, 5.41) is 9.96. The number of carbonyl (C=O) groups is 2. The maximum atomic E-state index is 13.4. The molecule has 1 spiro atoms. The largest absolute Gasteiger partial charge is 0.319 e. The van der Waals surface area contributed by atoms with Crippen molar-refractivity contribution in [2.24, 2.45) is 5.41 Å². The Balaban J connectivity index is 1.93. The van der Waals surface area contributed by atoms with Crippen LogP contribution in [0.3, 0.4) is 0 Å². The van der Waals surface area contributed by atoms with E-state index in [0.29, 0.717) is 6.42 Å². The van der Waals surface area contributed by atoms with Crippen LogP contribution < -0.4 is 0 Å². The summed E-state index contributed by atoms with van der Waals surface area (Å²) in [5.74, 6) is -0.155. The Hall–Kier alpha value is -1.65. The number of amides is 2. The molecule has 130 valence electrons. The molecule has 4 heterocycles. The number of piperazine rings is 1.